The van der Waals surface area contributed by atoms with E-state index in [4.69, 9.17) is 21.3 Å². The van der Waals surface area contributed by atoms with Crippen molar-refractivity contribution in [2.45, 2.75) is 13.5 Å². The highest BCUT2D eigenvalue weighted by molar-refractivity contribution is 6.33. The van der Waals surface area contributed by atoms with Crippen LogP contribution in [0.5, 0.6) is 0 Å². The number of carbonyl (C=O) groups is 1. The van der Waals surface area contributed by atoms with Gasteiger partial charge in [0.1, 0.15) is 12.1 Å². The van der Waals surface area contributed by atoms with Gasteiger partial charge in [-0.2, -0.15) is 0 Å². The Morgan fingerprint density at radius 2 is 2.00 bits per heavy atom. The van der Waals surface area contributed by atoms with Gasteiger partial charge in [0.15, 0.2) is 0 Å². The highest BCUT2D eigenvalue weighted by Crippen LogP contribution is 2.22. The third kappa shape index (κ3) is 3.73. The van der Waals surface area contributed by atoms with E-state index < -0.39 is 0 Å². The zero-order valence-electron chi connectivity index (χ0n) is 16.3. The number of nitrogens with zero attached hydrogens (tertiary/aromatic N) is 4. The summed E-state index contributed by atoms with van der Waals surface area (Å²) < 4.78 is 8.65. The van der Waals surface area contributed by atoms with Gasteiger partial charge in [-0.15, -0.1) is 0 Å². The van der Waals surface area contributed by atoms with E-state index in [0.29, 0.717) is 54.0 Å². The molecular formula is C20H22ClN5O3. The summed E-state index contributed by atoms with van der Waals surface area (Å²) in [5.41, 5.74) is 2.28. The minimum Gasteiger partial charge on any atom is -0.378 e. The number of benzene rings is 1. The van der Waals surface area contributed by atoms with Gasteiger partial charge in [-0.3, -0.25) is 14.2 Å². The van der Waals surface area contributed by atoms with Crippen molar-refractivity contribution < 1.29 is 9.53 Å². The van der Waals surface area contributed by atoms with Crippen molar-refractivity contribution in [1.82, 2.24) is 14.1 Å². The van der Waals surface area contributed by atoms with Gasteiger partial charge in [-0.1, -0.05) is 23.7 Å². The fraction of sp³-hybridized carbons (Fsp3) is 0.350. The van der Waals surface area contributed by atoms with Gasteiger partial charge in [0.2, 0.25) is 11.9 Å². The summed E-state index contributed by atoms with van der Waals surface area (Å²) in [7, 11) is 1.82. The lowest BCUT2D eigenvalue weighted by Crippen LogP contribution is -2.42. The molecule has 1 N–H and O–H groups in total. The van der Waals surface area contributed by atoms with Crippen LogP contribution in [0.2, 0.25) is 5.02 Å². The van der Waals surface area contributed by atoms with Crippen LogP contribution in [0, 0.1) is 6.92 Å². The van der Waals surface area contributed by atoms with Gasteiger partial charge < -0.3 is 19.5 Å². The number of aryl methyl sites for hydroxylation is 2. The van der Waals surface area contributed by atoms with E-state index >= 15 is 0 Å². The number of anilines is 2. The monoisotopic (exact) mass is 415 g/mol. The molecule has 29 heavy (non-hydrogen) atoms. The fourth-order valence-corrected chi connectivity index (χ4v) is 3.66. The summed E-state index contributed by atoms with van der Waals surface area (Å²) >= 11 is 6.14. The molecular weight excluding hydrogens is 394 g/mol. The third-order valence-electron chi connectivity index (χ3n) is 5.11. The van der Waals surface area contributed by atoms with Crippen molar-refractivity contribution in [2.24, 2.45) is 7.05 Å². The number of aromatic nitrogens is 3. The summed E-state index contributed by atoms with van der Waals surface area (Å²) in [4.78, 5) is 32.8. The van der Waals surface area contributed by atoms with E-state index in [1.165, 1.54) is 4.57 Å². The van der Waals surface area contributed by atoms with Crippen LogP contribution >= 0.6 is 11.6 Å². The molecule has 1 aliphatic heterocycles. The molecule has 1 aliphatic rings. The molecule has 8 nitrogen and oxygen atoms in total. The van der Waals surface area contributed by atoms with E-state index in [0.717, 1.165) is 5.69 Å². The van der Waals surface area contributed by atoms with Crippen LogP contribution < -0.4 is 15.8 Å². The molecule has 4 rings (SSSR count). The smallest absolute Gasteiger partial charge is 0.279 e. The second-order valence-electron chi connectivity index (χ2n) is 7.01. The number of carbonyl (C=O) groups excluding carboxylic acids is 1. The lowest BCUT2D eigenvalue weighted by Gasteiger charge is -2.29. The minimum absolute atomic E-state index is 0.163. The van der Waals surface area contributed by atoms with E-state index in [1.807, 2.05) is 24.9 Å². The Balaban J connectivity index is 1.75. The van der Waals surface area contributed by atoms with Crippen LogP contribution in [-0.2, 0) is 23.1 Å². The summed E-state index contributed by atoms with van der Waals surface area (Å²) in [5, 5.41) is 3.21. The minimum atomic E-state index is -0.346. The molecule has 2 aromatic heterocycles. The van der Waals surface area contributed by atoms with Crippen molar-refractivity contribution in [2.75, 3.05) is 36.5 Å². The number of para-hydroxylation sites is 1. The Morgan fingerprint density at radius 1 is 1.28 bits per heavy atom. The molecule has 1 aromatic carbocycles. The standard InChI is InChI=1S/C20H22ClN5O3/c1-13-11-16-18(24(13)2)19(28)26(20(23-16)25-7-9-29-10-8-25)12-17(27)22-15-6-4-3-5-14(15)21/h3-6,11H,7-10,12H2,1-2H3,(H,22,27). The summed E-state index contributed by atoms with van der Waals surface area (Å²) in [5.74, 6) is 0.132. The predicted molar refractivity (Wildman–Crippen MR) is 113 cm³/mol. The lowest BCUT2D eigenvalue weighted by molar-refractivity contribution is -0.116. The quantitative estimate of drug-likeness (QED) is 0.706. The number of ether oxygens (including phenoxy) is 1. The molecule has 0 radical (unpaired) electrons. The van der Waals surface area contributed by atoms with Crippen LogP contribution in [0.4, 0.5) is 11.6 Å². The Kier molecular flexibility index (Phi) is 5.29. The Labute approximate surface area is 172 Å². The van der Waals surface area contributed by atoms with E-state index in [2.05, 4.69) is 5.32 Å². The average Bonchev–Trinajstić information content (AvgIpc) is 3.00. The topological polar surface area (TPSA) is 81.4 Å². The summed E-state index contributed by atoms with van der Waals surface area (Å²) in [6.07, 6.45) is 0. The van der Waals surface area contributed by atoms with Gasteiger partial charge >= 0.3 is 0 Å². The maximum atomic E-state index is 13.3. The number of amides is 1. The summed E-state index contributed by atoms with van der Waals surface area (Å²) in [6.45, 7) is 4.07. The number of rotatable bonds is 4. The Bertz CT molecular complexity index is 1130. The van der Waals surface area contributed by atoms with Crippen LogP contribution in [0.3, 0.4) is 0 Å². The maximum absolute atomic E-state index is 13.3. The van der Waals surface area contributed by atoms with Gasteiger partial charge in [0.05, 0.1) is 29.4 Å². The van der Waals surface area contributed by atoms with Gasteiger partial charge in [-0.25, -0.2) is 4.98 Å². The van der Waals surface area contributed by atoms with Crippen LogP contribution in [-0.4, -0.2) is 46.3 Å². The molecule has 3 aromatic rings. The molecule has 0 spiro atoms. The van der Waals surface area contributed by atoms with Gasteiger partial charge in [0.25, 0.3) is 5.56 Å². The molecule has 1 saturated heterocycles. The van der Waals surface area contributed by atoms with E-state index in [1.54, 1.807) is 28.8 Å². The zero-order valence-corrected chi connectivity index (χ0v) is 17.1. The molecule has 1 fully saturated rings. The molecule has 0 unspecified atom stereocenters. The lowest BCUT2D eigenvalue weighted by atomic mass is 10.3. The highest BCUT2D eigenvalue weighted by atomic mass is 35.5. The zero-order chi connectivity index (χ0) is 20.5. The summed E-state index contributed by atoms with van der Waals surface area (Å²) in [6, 6.07) is 8.87. The predicted octanol–water partition coefficient (Wildman–Crippen LogP) is 2.17. The molecule has 9 heteroatoms. The van der Waals surface area contributed by atoms with Crippen LogP contribution in [0.1, 0.15) is 5.69 Å². The van der Waals surface area contributed by atoms with Crippen molar-refractivity contribution in [1.29, 1.82) is 0 Å². The first-order valence-corrected chi connectivity index (χ1v) is 9.77. The van der Waals surface area contributed by atoms with Gasteiger partial charge in [0, 0.05) is 25.8 Å². The number of hydrogen-bond donors (Lipinski definition) is 1. The third-order valence-corrected chi connectivity index (χ3v) is 5.44. The van der Waals surface area contributed by atoms with E-state index in [-0.39, 0.29) is 18.0 Å². The van der Waals surface area contributed by atoms with Crippen molar-refractivity contribution >= 4 is 40.2 Å². The molecule has 152 valence electrons. The molecule has 0 bridgehead atoms. The second-order valence-corrected chi connectivity index (χ2v) is 7.42. The average molecular weight is 416 g/mol. The molecule has 1 amide bonds. The van der Waals surface area contributed by atoms with Crippen molar-refractivity contribution in [3.8, 4) is 0 Å². The molecule has 0 saturated carbocycles. The van der Waals surface area contributed by atoms with Crippen LogP contribution in [0.25, 0.3) is 11.0 Å². The molecule has 0 aliphatic carbocycles. The Hall–Kier alpha value is -2.84. The molecule has 0 atom stereocenters. The fourth-order valence-electron chi connectivity index (χ4n) is 3.48. The number of nitrogens with one attached hydrogen (secondary N) is 1. The normalized spacial score (nSPS) is 14.4. The number of hydrogen-bond acceptors (Lipinski definition) is 5. The first-order chi connectivity index (χ1) is 14.0. The largest absolute Gasteiger partial charge is 0.378 e. The van der Waals surface area contributed by atoms with Crippen molar-refractivity contribution in [3.63, 3.8) is 0 Å². The number of fused-ring (bicyclic) bond motifs is 1. The number of halogens is 1. The van der Waals surface area contributed by atoms with Gasteiger partial charge in [-0.05, 0) is 25.1 Å². The Morgan fingerprint density at radius 3 is 2.72 bits per heavy atom. The van der Waals surface area contributed by atoms with Crippen molar-refractivity contribution in [3.05, 3.63) is 51.4 Å². The first-order valence-electron chi connectivity index (χ1n) is 9.39. The number of morpholine rings is 1. The highest BCUT2D eigenvalue weighted by Gasteiger charge is 2.22. The van der Waals surface area contributed by atoms with Crippen LogP contribution in [0.15, 0.2) is 35.1 Å². The first kappa shape index (κ1) is 19.5. The van der Waals surface area contributed by atoms with E-state index in [9.17, 15) is 9.59 Å². The second kappa shape index (κ2) is 7.88. The maximum Gasteiger partial charge on any atom is 0.279 e. The molecule has 3 heterocycles. The SMILES string of the molecule is Cc1cc2nc(N3CCOCC3)n(CC(=O)Nc3ccccc3Cl)c(=O)c2n1C.